The Balaban J connectivity index is 2.24. The molecule has 2 N–H and O–H groups in total. The van der Waals surface area contributed by atoms with E-state index in [1.165, 1.54) is 31.3 Å². The lowest BCUT2D eigenvalue weighted by Gasteiger charge is -2.61. The minimum absolute atomic E-state index is 0.125. The Morgan fingerprint density at radius 1 is 1.14 bits per heavy atom. The van der Waals surface area contributed by atoms with Crippen molar-refractivity contribution in [1.29, 1.82) is 0 Å². The fourth-order valence-electron chi connectivity index (χ4n) is 5.90. The standard InChI is InChI=1S/C20H36O2/c1-15(10-14-21)7-8-17-19(4)12-6-11-18(2,3)16(19)9-13-20(17,5)22/h10,16-17,21-22H,6-9,11-14H2,1-5H3/b15-10-/t16-,17+,19-,20-/m0/s1. The fraction of sp³-hybridized carbons (Fsp3) is 0.900. The molecule has 2 rings (SSSR count). The van der Waals surface area contributed by atoms with E-state index in [4.69, 9.17) is 5.11 Å². The molecule has 4 atom stereocenters. The van der Waals surface area contributed by atoms with Crippen molar-refractivity contribution in [3.8, 4) is 0 Å². The van der Waals surface area contributed by atoms with Crippen LogP contribution in [-0.2, 0) is 0 Å². The Hall–Kier alpha value is -0.340. The molecule has 2 fully saturated rings. The zero-order chi connectivity index (χ0) is 16.6. The molecule has 0 heterocycles. The van der Waals surface area contributed by atoms with Crippen molar-refractivity contribution in [3.05, 3.63) is 11.6 Å². The molecule has 0 amide bonds. The van der Waals surface area contributed by atoms with Gasteiger partial charge in [0.2, 0.25) is 0 Å². The van der Waals surface area contributed by atoms with Gasteiger partial charge in [0.25, 0.3) is 0 Å². The van der Waals surface area contributed by atoms with Gasteiger partial charge in [0.1, 0.15) is 0 Å². The van der Waals surface area contributed by atoms with Gasteiger partial charge in [-0.2, -0.15) is 0 Å². The van der Waals surface area contributed by atoms with E-state index < -0.39 is 5.60 Å². The van der Waals surface area contributed by atoms with Crippen LogP contribution in [0.2, 0.25) is 0 Å². The van der Waals surface area contributed by atoms with Crippen LogP contribution in [0.1, 0.15) is 79.6 Å². The van der Waals surface area contributed by atoms with Crippen LogP contribution in [-0.4, -0.2) is 22.4 Å². The lowest BCUT2D eigenvalue weighted by molar-refractivity contribution is -0.168. The Bertz CT molecular complexity index is 421. The number of hydrogen-bond donors (Lipinski definition) is 2. The van der Waals surface area contributed by atoms with Crippen molar-refractivity contribution in [2.24, 2.45) is 22.7 Å². The number of allylic oxidation sites excluding steroid dienone is 1. The summed E-state index contributed by atoms with van der Waals surface area (Å²) < 4.78 is 0. The molecule has 0 aromatic heterocycles. The monoisotopic (exact) mass is 308 g/mol. The lowest BCUT2D eigenvalue weighted by atomic mass is 9.45. The van der Waals surface area contributed by atoms with Gasteiger partial charge in [0.15, 0.2) is 0 Å². The molecule has 22 heavy (non-hydrogen) atoms. The molecule has 0 radical (unpaired) electrons. The number of rotatable bonds is 4. The van der Waals surface area contributed by atoms with E-state index in [9.17, 15) is 5.11 Å². The average molecular weight is 309 g/mol. The first kappa shape index (κ1) is 18.0. The molecular formula is C20H36O2. The van der Waals surface area contributed by atoms with Crippen LogP contribution in [0.3, 0.4) is 0 Å². The van der Waals surface area contributed by atoms with E-state index in [-0.39, 0.29) is 12.0 Å². The summed E-state index contributed by atoms with van der Waals surface area (Å²) in [5.74, 6) is 1.08. The van der Waals surface area contributed by atoms with E-state index in [0.717, 1.165) is 25.2 Å². The summed E-state index contributed by atoms with van der Waals surface area (Å²) in [6.45, 7) is 11.6. The van der Waals surface area contributed by atoms with Gasteiger partial charge in [-0.25, -0.2) is 0 Å². The van der Waals surface area contributed by atoms with E-state index in [1.54, 1.807) is 0 Å². The molecule has 0 aromatic rings. The summed E-state index contributed by atoms with van der Waals surface area (Å²) in [4.78, 5) is 0. The number of aliphatic hydroxyl groups is 2. The number of aliphatic hydroxyl groups excluding tert-OH is 1. The third kappa shape index (κ3) is 3.28. The molecule has 0 unspecified atom stereocenters. The zero-order valence-corrected chi connectivity index (χ0v) is 15.3. The SMILES string of the molecule is C/C(=C/CO)CC[C@@H]1[C@@]2(C)CCCC(C)(C)[C@@H]2CC[C@]1(C)O. The lowest BCUT2D eigenvalue weighted by Crippen LogP contribution is -2.57. The van der Waals surface area contributed by atoms with Gasteiger partial charge < -0.3 is 10.2 Å². The average Bonchev–Trinajstić information content (AvgIpc) is 2.36. The van der Waals surface area contributed by atoms with E-state index in [0.29, 0.717) is 11.3 Å². The third-order valence-electron chi connectivity index (χ3n) is 7.03. The summed E-state index contributed by atoms with van der Waals surface area (Å²) in [6, 6.07) is 0. The highest BCUT2D eigenvalue weighted by atomic mass is 16.3. The number of hydrogen-bond acceptors (Lipinski definition) is 2. The van der Waals surface area contributed by atoms with Crippen LogP contribution < -0.4 is 0 Å². The van der Waals surface area contributed by atoms with Crippen LogP contribution >= 0.6 is 0 Å². The summed E-state index contributed by atoms with van der Waals surface area (Å²) >= 11 is 0. The first-order valence-electron chi connectivity index (χ1n) is 9.12. The highest BCUT2D eigenvalue weighted by Crippen LogP contribution is 2.62. The molecule has 0 bridgehead atoms. The van der Waals surface area contributed by atoms with E-state index in [1.807, 2.05) is 6.08 Å². The van der Waals surface area contributed by atoms with Crippen molar-refractivity contribution in [2.45, 2.75) is 85.2 Å². The van der Waals surface area contributed by atoms with Gasteiger partial charge in [-0.05, 0) is 75.0 Å². The largest absolute Gasteiger partial charge is 0.392 e. The van der Waals surface area contributed by atoms with Gasteiger partial charge in [-0.1, -0.05) is 38.8 Å². The normalized spacial score (nSPS) is 42.0. The van der Waals surface area contributed by atoms with Gasteiger partial charge in [-0.15, -0.1) is 0 Å². The molecule has 2 nitrogen and oxygen atoms in total. The van der Waals surface area contributed by atoms with Crippen LogP contribution in [0, 0.1) is 22.7 Å². The minimum atomic E-state index is -0.543. The van der Waals surface area contributed by atoms with Crippen molar-refractivity contribution < 1.29 is 10.2 Å². The van der Waals surface area contributed by atoms with Crippen molar-refractivity contribution >= 4 is 0 Å². The predicted octanol–water partition coefficient (Wildman–Crippen LogP) is 4.70. The quantitative estimate of drug-likeness (QED) is 0.739. The second-order valence-electron chi connectivity index (χ2n) is 9.12. The van der Waals surface area contributed by atoms with Crippen molar-refractivity contribution in [2.75, 3.05) is 6.61 Å². The molecule has 2 heteroatoms. The van der Waals surface area contributed by atoms with Crippen LogP contribution in [0.15, 0.2) is 11.6 Å². The van der Waals surface area contributed by atoms with Gasteiger partial charge in [0.05, 0.1) is 12.2 Å². The maximum absolute atomic E-state index is 11.1. The fourth-order valence-corrected chi connectivity index (χ4v) is 5.90. The minimum Gasteiger partial charge on any atom is -0.392 e. The molecule has 2 aliphatic carbocycles. The smallest absolute Gasteiger partial charge is 0.0653 e. The Morgan fingerprint density at radius 3 is 2.45 bits per heavy atom. The highest BCUT2D eigenvalue weighted by molar-refractivity contribution is 5.09. The van der Waals surface area contributed by atoms with Crippen molar-refractivity contribution in [3.63, 3.8) is 0 Å². The number of fused-ring (bicyclic) bond motifs is 1. The molecule has 0 aliphatic heterocycles. The third-order valence-corrected chi connectivity index (χ3v) is 7.03. The molecule has 0 spiro atoms. The summed E-state index contributed by atoms with van der Waals surface area (Å²) in [5.41, 5.74) is 1.36. The van der Waals surface area contributed by atoms with Crippen LogP contribution in [0.5, 0.6) is 0 Å². The summed E-state index contributed by atoms with van der Waals surface area (Å²) in [5, 5.41) is 20.1. The van der Waals surface area contributed by atoms with Gasteiger partial charge in [-0.3, -0.25) is 0 Å². The topological polar surface area (TPSA) is 40.5 Å². The van der Waals surface area contributed by atoms with Crippen LogP contribution in [0.4, 0.5) is 0 Å². The second kappa shape index (κ2) is 6.28. The molecule has 0 saturated heterocycles. The molecule has 0 aromatic carbocycles. The molecular weight excluding hydrogens is 272 g/mol. The Morgan fingerprint density at radius 2 is 1.82 bits per heavy atom. The maximum atomic E-state index is 11.1. The van der Waals surface area contributed by atoms with Crippen molar-refractivity contribution in [1.82, 2.24) is 0 Å². The second-order valence-corrected chi connectivity index (χ2v) is 9.12. The predicted molar refractivity (Wildman–Crippen MR) is 92.7 cm³/mol. The summed E-state index contributed by atoms with van der Waals surface area (Å²) in [7, 11) is 0. The molecule has 2 saturated carbocycles. The van der Waals surface area contributed by atoms with Crippen LogP contribution in [0.25, 0.3) is 0 Å². The maximum Gasteiger partial charge on any atom is 0.0653 e. The highest BCUT2D eigenvalue weighted by Gasteiger charge is 2.57. The zero-order valence-electron chi connectivity index (χ0n) is 15.3. The first-order chi connectivity index (χ1) is 10.1. The van der Waals surface area contributed by atoms with Gasteiger partial charge >= 0.3 is 0 Å². The molecule has 2 aliphatic rings. The molecule has 128 valence electrons. The summed E-state index contributed by atoms with van der Waals surface area (Å²) in [6.07, 6.45) is 9.90. The first-order valence-corrected chi connectivity index (χ1v) is 9.12. The van der Waals surface area contributed by atoms with E-state index >= 15 is 0 Å². The van der Waals surface area contributed by atoms with E-state index in [2.05, 4.69) is 34.6 Å². The Labute approximate surface area is 137 Å². The Kier molecular flexibility index (Phi) is 5.14. The van der Waals surface area contributed by atoms with Gasteiger partial charge in [0, 0.05) is 0 Å².